The molecule has 9 heteroatoms. The zero-order valence-corrected chi connectivity index (χ0v) is 18.8. The highest BCUT2D eigenvalue weighted by molar-refractivity contribution is 7.92. The van der Waals surface area contributed by atoms with E-state index in [0.29, 0.717) is 49.7 Å². The van der Waals surface area contributed by atoms with E-state index in [9.17, 15) is 17.6 Å². The molecule has 1 amide bonds. The third-order valence-corrected chi connectivity index (χ3v) is 6.61. The molecule has 1 saturated heterocycles. The fraction of sp³-hybridized carbons (Fsp3) is 0.409. The number of anilines is 2. The van der Waals surface area contributed by atoms with Gasteiger partial charge in [0.1, 0.15) is 11.6 Å². The maximum atomic E-state index is 14.0. The van der Waals surface area contributed by atoms with Crippen LogP contribution in [0.15, 0.2) is 48.5 Å². The summed E-state index contributed by atoms with van der Waals surface area (Å²) in [6.45, 7) is 3.96. The number of amides is 1. The molecule has 1 heterocycles. The SMILES string of the molecule is CC[C@H](Oc1ccc(N(C)S(C)(=O)=O)cc1)C(=O)N1CCN(c2ccccc2F)CC1. The Labute approximate surface area is 183 Å². The van der Waals surface area contributed by atoms with Crippen LogP contribution in [0.3, 0.4) is 0 Å². The Kier molecular flexibility index (Phi) is 7.04. The van der Waals surface area contributed by atoms with Crippen molar-refractivity contribution in [1.82, 2.24) is 4.90 Å². The molecule has 7 nitrogen and oxygen atoms in total. The highest BCUT2D eigenvalue weighted by atomic mass is 32.2. The number of ether oxygens (including phenoxy) is 1. The van der Waals surface area contributed by atoms with E-state index in [1.54, 1.807) is 47.4 Å². The second kappa shape index (κ2) is 9.55. The van der Waals surface area contributed by atoms with Gasteiger partial charge in [-0.1, -0.05) is 19.1 Å². The Hall–Kier alpha value is -2.81. The molecule has 2 aromatic carbocycles. The number of para-hydroxylation sites is 1. The zero-order valence-electron chi connectivity index (χ0n) is 18.0. The smallest absolute Gasteiger partial charge is 0.263 e. The van der Waals surface area contributed by atoms with Gasteiger partial charge in [0.15, 0.2) is 6.10 Å². The number of carbonyl (C=O) groups excluding carboxylic acids is 1. The van der Waals surface area contributed by atoms with Gasteiger partial charge in [0.25, 0.3) is 5.91 Å². The lowest BCUT2D eigenvalue weighted by molar-refractivity contribution is -0.139. The number of halogens is 1. The van der Waals surface area contributed by atoms with Crippen LogP contribution in [0, 0.1) is 5.82 Å². The Morgan fingerprint density at radius 2 is 1.71 bits per heavy atom. The number of nitrogens with zero attached hydrogens (tertiary/aromatic N) is 3. The van der Waals surface area contributed by atoms with E-state index in [1.807, 2.05) is 11.8 Å². The average molecular weight is 450 g/mol. The molecule has 1 fully saturated rings. The second-order valence-electron chi connectivity index (χ2n) is 7.50. The van der Waals surface area contributed by atoms with Crippen molar-refractivity contribution in [3.63, 3.8) is 0 Å². The number of hydrogen-bond acceptors (Lipinski definition) is 5. The minimum absolute atomic E-state index is 0.104. The van der Waals surface area contributed by atoms with E-state index in [-0.39, 0.29) is 11.7 Å². The second-order valence-corrected chi connectivity index (χ2v) is 9.52. The van der Waals surface area contributed by atoms with E-state index in [4.69, 9.17) is 4.74 Å². The van der Waals surface area contributed by atoms with E-state index < -0.39 is 16.1 Å². The molecule has 0 N–H and O–H groups in total. The summed E-state index contributed by atoms with van der Waals surface area (Å²) < 4.78 is 44.4. The zero-order chi connectivity index (χ0) is 22.6. The number of sulfonamides is 1. The maximum absolute atomic E-state index is 14.0. The van der Waals surface area contributed by atoms with E-state index in [2.05, 4.69) is 0 Å². The molecule has 0 radical (unpaired) electrons. The van der Waals surface area contributed by atoms with Crippen molar-refractivity contribution in [1.29, 1.82) is 0 Å². The molecular weight excluding hydrogens is 421 g/mol. The normalized spacial score (nSPS) is 15.5. The first-order chi connectivity index (χ1) is 14.7. The third-order valence-electron chi connectivity index (χ3n) is 5.41. The molecule has 31 heavy (non-hydrogen) atoms. The highest BCUT2D eigenvalue weighted by Crippen LogP contribution is 2.23. The minimum atomic E-state index is -3.35. The average Bonchev–Trinajstić information content (AvgIpc) is 2.77. The van der Waals surface area contributed by atoms with E-state index >= 15 is 0 Å². The lowest BCUT2D eigenvalue weighted by atomic mass is 10.2. The van der Waals surface area contributed by atoms with Crippen LogP contribution < -0.4 is 13.9 Å². The molecule has 0 aliphatic carbocycles. The predicted octanol–water partition coefficient (Wildman–Crippen LogP) is 2.73. The molecule has 1 aliphatic rings. The van der Waals surface area contributed by atoms with Crippen LogP contribution in [0.5, 0.6) is 5.75 Å². The van der Waals surface area contributed by atoms with Crippen molar-refractivity contribution in [3.05, 3.63) is 54.3 Å². The monoisotopic (exact) mass is 449 g/mol. The molecule has 1 aliphatic heterocycles. The van der Waals surface area contributed by atoms with E-state index in [0.717, 1.165) is 6.26 Å². The van der Waals surface area contributed by atoms with Gasteiger partial charge in [-0.3, -0.25) is 9.10 Å². The Morgan fingerprint density at radius 1 is 1.10 bits per heavy atom. The van der Waals surface area contributed by atoms with Gasteiger partial charge in [0.2, 0.25) is 10.0 Å². The van der Waals surface area contributed by atoms with Gasteiger partial charge in [0.05, 0.1) is 17.6 Å². The summed E-state index contributed by atoms with van der Waals surface area (Å²) in [5, 5.41) is 0. The summed E-state index contributed by atoms with van der Waals surface area (Å²) in [5.74, 6) is 0.130. The van der Waals surface area contributed by atoms with Crippen LogP contribution in [0.2, 0.25) is 0 Å². The van der Waals surface area contributed by atoms with Gasteiger partial charge in [-0.05, 0) is 42.8 Å². The highest BCUT2D eigenvalue weighted by Gasteiger charge is 2.28. The molecule has 168 valence electrons. The number of hydrogen-bond donors (Lipinski definition) is 0. The predicted molar refractivity (Wildman–Crippen MR) is 120 cm³/mol. The third kappa shape index (κ3) is 5.46. The van der Waals surface area contributed by atoms with Gasteiger partial charge < -0.3 is 14.5 Å². The molecule has 0 bridgehead atoms. The Bertz CT molecular complexity index is 1010. The molecule has 1 atom stereocenters. The van der Waals surface area contributed by atoms with Crippen molar-refractivity contribution < 1.29 is 22.3 Å². The number of rotatable bonds is 7. The van der Waals surface area contributed by atoms with Crippen molar-refractivity contribution in [3.8, 4) is 5.75 Å². The van der Waals surface area contributed by atoms with Gasteiger partial charge in [-0.15, -0.1) is 0 Å². The Balaban J connectivity index is 1.60. The Morgan fingerprint density at radius 3 is 2.26 bits per heavy atom. The molecule has 0 saturated carbocycles. The van der Waals surface area contributed by atoms with Gasteiger partial charge in [-0.2, -0.15) is 0 Å². The first kappa shape index (κ1) is 22.9. The summed E-state index contributed by atoms with van der Waals surface area (Å²) in [6, 6.07) is 13.2. The minimum Gasteiger partial charge on any atom is -0.481 e. The topological polar surface area (TPSA) is 70.2 Å². The summed E-state index contributed by atoms with van der Waals surface area (Å²) >= 11 is 0. The van der Waals surface area contributed by atoms with E-state index in [1.165, 1.54) is 17.4 Å². The van der Waals surface area contributed by atoms with Crippen molar-refractivity contribution in [2.45, 2.75) is 19.4 Å². The van der Waals surface area contributed by atoms with Crippen LogP contribution in [0.25, 0.3) is 0 Å². The summed E-state index contributed by atoms with van der Waals surface area (Å²) in [7, 11) is -1.87. The standard InChI is InChI=1S/C22H28FN3O4S/c1-4-21(30-18-11-9-17(10-12-18)24(2)31(3,28)29)22(27)26-15-13-25(14-16-26)20-8-6-5-7-19(20)23/h5-12,21H,4,13-16H2,1-3H3/t21-/m0/s1. The summed E-state index contributed by atoms with van der Waals surface area (Å²) in [6.07, 6.45) is 0.991. The van der Waals surface area contributed by atoms with Crippen molar-refractivity contribution in [2.24, 2.45) is 0 Å². The molecule has 0 spiro atoms. The van der Waals surface area contributed by atoms with Gasteiger partial charge in [0, 0.05) is 33.2 Å². The quantitative estimate of drug-likeness (QED) is 0.650. The largest absolute Gasteiger partial charge is 0.481 e. The molecular formula is C22H28FN3O4S. The van der Waals surface area contributed by atoms with Crippen LogP contribution in [0.4, 0.5) is 15.8 Å². The summed E-state index contributed by atoms with van der Waals surface area (Å²) in [5.41, 5.74) is 1.07. The first-order valence-electron chi connectivity index (χ1n) is 10.2. The van der Waals surface area contributed by atoms with Gasteiger partial charge >= 0.3 is 0 Å². The van der Waals surface area contributed by atoms with Gasteiger partial charge in [-0.25, -0.2) is 12.8 Å². The fourth-order valence-corrected chi connectivity index (χ4v) is 3.98. The van der Waals surface area contributed by atoms with Crippen LogP contribution in [-0.4, -0.2) is 64.8 Å². The molecule has 3 rings (SSSR count). The first-order valence-corrected chi connectivity index (χ1v) is 12.0. The number of benzene rings is 2. The van der Waals surface area contributed by atoms with Crippen molar-refractivity contribution in [2.75, 3.05) is 48.7 Å². The van der Waals surface area contributed by atoms with Crippen LogP contribution >= 0.6 is 0 Å². The van der Waals surface area contributed by atoms with Crippen molar-refractivity contribution >= 4 is 27.3 Å². The lowest BCUT2D eigenvalue weighted by Gasteiger charge is -2.37. The van der Waals surface area contributed by atoms with Crippen LogP contribution in [-0.2, 0) is 14.8 Å². The molecule has 2 aromatic rings. The fourth-order valence-electron chi connectivity index (χ4n) is 3.48. The maximum Gasteiger partial charge on any atom is 0.263 e. The lowest BCUT2D eigenvalue weighted by Crippen LogP contribution is -2.52. The number of carbonyl (C=O) groups is 1. The van der Waals surface area contributed by atoms with Crippen LogP contribution in [0.1, 0.15) is 13.3 Å². The number of piperazine rings is 1. The summed E-state index contributed by atoms with van der Waals surface area (Å²) in [4.78, 5) is 16.7. The molecule has 0 aromatic heterocycles. The molecule has 0 unspecified atom stereocenters.